The van der Waals surface area contributed by atoms with Crippen molar-refractivity contribution >= 4 is 27.3 Å². The topological polar surface area (TPSA) is 85.9 Å². The summed E-state index contributed by atoms with van der Waals surface area (Å²) in [5.74, 6) is 0.0374. The zero-order chi connectivity index (χ0) is 9.35. The summed E-state index contributed by atoms with van der Waals surface area (Å²) in [5.41, 5.74) is 5.26. The van der Waals surface area contributed by atoms with Crippen LogP contribution in [0.2, 0.25) is 5.15 Å². The number of sulfone groups is 1. The molecule has 0 bridgehead atoms. The first-order chi connectivity index (χ1) is 5.39. The molecule has 7 heteroatoms. The fourth-order valence-corrected chi connectivity index (χ4v) is 1.36. The highest BCUT2D eigenvalue weighted by Crippen LogP contribution is 2.11. The Bertz CT molecular complexity index is 383. The van der Waals surface area contributed by atoms with Crippen LogP contribution in [0.4, 0.5) is 5.82 Å². The molecule has 0 aromatic carbocycles. The molecule has 0 unspecified atom stereocenters. The lowest BCUT2D eigenvalue weighted by molar-refractivity contribution is 0.593. The van der Waals surface area contributed by atoms with E-state index in [4.69, 9.17) is 17.3 Å². The lowest BCUT2D eigenvalue weighted by Gasteiger charge is -1.97. The van der Waals surface area contributed by atoms with Crippen LogP contribution in [-0.2, 0) is 9.84 Å². The molecule has 1 aromatic rings. The van der Waals surface area contributed by atoms with Crippen molar-refractivity contribution in [2.75, 3.05) is 12.0 Å². The Kier molecular flexibility index (Phi) is 2.20. The Hall–Kier alpha value is -0.880. The molecule has 0 saturated heterocycles. The molecule has 1 heterocycles. The summed E-state index contributed by atoms with van der Waals surface area (Å²) in [6, 6.07) is 1.27. The quantitative estimate of drug-likeness (QED) is 0.522. The SMILES string of the molecule is CS(=O)(=O)c1nc(N)cc(Cl)n1. The number of halogens is 1. The summed E-state index contributed by atoms with van der Waals surface area (Å²) in [5, 5.41) is -0.338. The van der Waals surface area contributed by atoms with Gasteiger partial charge in [-0.05, 0) is 0 Å². The van der Waals surface area contributed by atoms with Gasteiger partial charge in [-0.2, -0.15) is 0 Å². The van der Waals surface area contributed by atoms with Crippen molar-refractivity contribution in [1.82, 2.24) is 9.97 Å². The Labute approximate surface area is 74.5 Å². The maximum absolute atomic E-state index is 10.9. The van der Waals surface area contributed by atoms with Gasteiger partial charge in [-0.1, -0.05) is 11.6 Å². The Morgan fingerprint density at radius 3 is 2.50 bits per heavy atom. The smallest absolute Gasteiger partial charge is 0.250 e. The molecule has 0 amide bonds. The van der Waals surface area contributed by atoms with Gasteiger partial charge in [0.1, 0.15) is 11.0 Å². The van der Waals surface area contributed by atoms with Gasteiger partial charge < -0.3 is 5.73 Å². The minimum atomic E-state index is -3.43. The zero-order valence-corrected chi connectivity index (χ0v) is 7.72. The van der Waals surface area contributed by atoms with E-state index < -0.39 is 9.84 Å². The van der Waals surface area contributed by atoms with Crippen molar-refractivity contribution in [2.45, 2.75) is 5.16 Å². The lowest BCUT2D eigenvalue weighted by Crippen LogP contribution is -2.06. The maximum atomic E-state index is 10.9. The van der Waals surface area contributed by atoms with E-state index in [0.29, 0.717) is 0 Å². The van der Waals surface area contributed by atoms with Crippen LogP contribution in [0, 0.1) is 0 Å². The third-order valence-corrected chi connectivity index (χ3v) is 2.07. The first-order valence-electron chi connectivity index (χ1n) is 2.90. The number of hydrogen-bond donors (Lipinski definition) is 1. The van der Waals surface area contributed by atoms with Gasteiger partial charge in [-0.15, -0.1) is 0 Å². The maximum Gasteiger partial charge on any atom is 0.250 e. The number of nitrogens with zero attached hydrogens (tertiary/aromatic N) is 2. The third-order valence-electron chi connectivity index (χ3n) is 1.03. The van der Waals surface area contributed by atoms with Gasteiger partial charge in [0.2, 0.25) is 15.0 Å². The summed E-state index contributed by atoms with van der Waals surface area (Å²) in [7, 11) is -3.43. The fourth-order valence-electron chi connectivity index (χ4n) is 0.579. The average molecular weight is 208 g/mol. The summed E-state index contributed by atoms with van der Waals surface area (Å²) < 4.78 is 21.8. The molecule has 0 radical (unpaired) electrons. The molecule has 0 aliphatic rings. The standard InChI is InChI=1S/C5H6ClN3O2S/c1-12(10,11)5-8-3(6)2-4(7)9-5/h2H,1H3,(H2,7,8,9). The first kappa shape index (κ1) is 9.21. The van der Waals surface area contributed by atoms with Crippen LogP contribution in [0.5, 0.6) is 0 Å². The first-order valence-corrected chi connectivity index (χ1v) is 5.16. The highest BCUT2D eigenvalue weighted by Gasteiger charge is 2.12. The zero-order valence-electron chi connectivity index (χ0n) is 6.15. The minimum absolute atomic E-state index is 0.0166. The molecule has 0 spiro atoms. The normalized spacial score (nSPS) is 11.5. The van der Waals surface area contributed by atoms with Crippen LogP contribution < -0.4 is 5.73 Å². The molecule has 0 fully saturated rings. The molecule has 66 valence electrons. The molecule has 1 rings (SSSR count). The second-order valence-corrected chi connectivity index (χ2v) is 4.47. The fraction of sp³-hybridized carbons (Fsp3) is 0.200. The summed E-state index contributed by atoms with van der Waals surface area (Å²) in [6.07, 6.45) is 0.984. The number of hydrogen-bond acceptors (Lipinski definition) is 5. The van der Waals surface area contributed by atoms with Gasteiger partial charge in [0.05, 0.1) is 0 Å². The second kappa shape index (κ2) is 2.87. The van der Waals surface area contributed by atoms with Gasteiger partial charge in [0.25, 0.3) is 0 Å². The van der Waals surface area contributed by atoms with E-state index in [1.165, 1.54) is 6.07 Å². The van der Waals surface area contributed by atoms with Crippen molar-refractivity contribution in [1.29, 1.82) is 0 Å². The number of nitrogens with two attached hydrogens (primary N) is 1. The largest absolute Gasteiger partial charge is 0.384 e. The van der Waals surface area contributed by atoms with Gasteiger partial charge in [0.15, 0.2) is 0 Å². The Morgan fingerprint density at radius 2 is 2.08 bits per heavy atom. The van der Waals surface area contributed by atoms with E-state index in [0.717, 1.165) is 6.26 Å². The highest BCUT2D eigenvalue weighted by molar-refractivity contribution is 7.90. The molecule has 0 saturated carbocycles. The van der Waals surface area contributed by atoms with Gasteiger partial charge in [0, 0.05) is 12.3 Å². The molecule has 0 aliphatic heterocycles. The molecule has 1 aromatic heterocycles. The van der Waals surface area contributed by atoms with Gasteiger partial charge >= 0.3 is 0 Å². The number of aromatic nitrogens is 2. The van der Waals surface area contributed by atoms with Crippen LogP contribution in [0.3, 0.4) is 0 Å². The van der Waals surface area contributed by atoms with E-state index in [1.54, 1.807) is 0 Å². The van der Waals surface area contributed by atoms with Crippen LogP contribution in [0.1, 0.15) is 0 Å². The van der Waals surface area contributed by atoms with E-state index >= 15 is 0 Å². The monoisotopic (exact) mass is 207 g/mol. The Balaban J connectivity index is 3.37. The van der Waals surface area contributed by atoms with Gasteiger partial charge in [-0.25, -0.2) is 18.4 Å². The summed E-state index contributed by atoms with van der Waals surface area (Å²) in [6.45, 7) is 0. The Morgan fingerprint density at radius 1 is 1.50 bits per heavy atom. The van der Waals surface area contributed by atoms with Crippen molar-refractivity contribution in [3.8, 4) is 0 Å². The average Bonchev–Trinajstić information content (AvgIpc) is 1.82. The minimum Gasteiger partial charge on any atom is -0.384 e. The highest BCUT2D eigenvalue weighted by atomic mass is 35.5. The second-order valence-electron chi connectivity index (χ2n) is 2.17. The van der Waals surface area contributed by atoms with Crippen LogP contribution >= 0.6 is 11.6 Å². The molecule has 0 atom stereocenters. The molecule has 0 aliphatic carbocycles. The molecule has 12 heavy (non-hydrogen) atoms. The molecular formula is C5H6ClN3O2S. The van der Waals surface area contributed by atoms with E-state index in [-0.39, 0.29) is 16.1 Å². The molecular weight excluding hydrogens is 202 g/mol. The van der Waals surface area contributed by atoms with Crippen LogP contribution in [0.15, 0.2) is 11.2 Å². The number of rotatable bonds is 1. The predicted molar refractivity (Wildman–Crippen MR) is 44.6 cm³/mol. The van der Waals surface area contributed by atoms with E-state index in [2.05, 4.69) is 9.97 Å². The van der Waals surface area contributed by atoms with E-state index in [1.807, 2.05) is 0 Å². The van der Waals surface area contributed by atoms with Crippen molar-refractivity contribution < 1.29 is 8.42 Å². The third kappa shape index (κ3) is 2.05. The number of nitrogen functional groups attached to an aromatic ring is 1. The van der Waals surface area contributed by atoms with Crippen molar-refractivity contribution in [3.05, 3.63) is 11.2 Å². The lowest BCUT2D eigenvalue weighted by atomic mass is 10.6. The van der Waals surface area contributed by atoms with Gasteiger partial charge in [-0.3, -0.25) is 0 Å². The summed E-state index contributed by atoms with van der Waals surface area (Å²) in [4.78, 5) is 6.99. The van der Waals surface area contributed by atoms with Crippen LogP contribution in [-0.4, -0.2) is 24.6 Å². The van der Waals surface area contributed by atoms with Crippen LogP contribution in [0.25, 0.3) is 0 Å². The molecule has 5 nitrogen and oxygen atoms in total. The predicted octanol–water partition coefficient (Wildman–Crippen LogP) is 0.116. The van der Waals surface area contributed by atoms with Crippen molar-refractivity contribution in [2.24, 2.45) is 0 Å². The van der Waals surface area contributed by atoms with Crippen molar-refractivity contribution in [3.63, 3.8) is 0 Å². The number of anilines is 1. The van der Waals surface area contributed by atoms with E-state index in [9.17, 15) is 8.42 Å². The molecule has 2 N–H and O–H groups in total. The summed E-state index contributed by atoms with van der Waals surface area (Å²) >= 11 is 5.46.